The average Bonchev–Trinajstić information content (AvgIpc) is 1.97. The van der Waals surface area contributed by atoms with Gasteiger partial charge in [-0.2, -0.15) is 0 Å². The lowest BCUT2D eigenvalue weighted by Gasteiger charge is -2.06. The highest BCUT2D eigenvalue weighted by Gasteiger charge is 1.92. The van der Waals surface area contributed by atoms with Crippen LogP contribution in [0.4, 0.5) is 0 Å². The van der Waals surface area contributed by atoms with Crippen molar-refractivity contribution in [3.05, 3.63) is 12.2 Å². The summed E-state index contributed by atoms with van der Waals surface area (Å²) in [4.78, 5) is 10.1. The van der Waals surface area contributed by atoms with Gasteiger partial charge in [-0.1, -0.05) is 13.5 Å². The monoisotopic (exact) mass is 156 g/mol. The van der Waals surface area contributed by atoms with Crippen LogP contribution >= 0.6 is 0 Å². The van der Waals surface area contributed by atoms with Gasteiger partial charge in [0, 0.05) is 0 Å². The van der Waals surface area contributed by atoms with E-state index in [-0.39, 0.29) is 5.57 Å². The van der Waals surface area contributed by atoms with E-state index in [2.05, 4.69) is 18.8 Å². The molecule has 0 atom stereocenters. The van der Waals surface area contributed by atoms with Crippen LogP contribution in [0.15, 0.2) is 12.2 Å². The standard InChI is InChI=1S/C8H15NO2/c1-3-5-9-6-4-7(2)8(10)11/h9H,2-6H2,1H3,(H,10,11)/p-1. The highest BCUT2D eigenvalue weighted by molar-refractivity contribution is 5.83. The second kappa shape index (κ2) is 5.92. The van der Waals surface area contributed by atoms with E-state index in [0.717, 1.165) is 13.0 Å². The Bertz CT molecular complexity index is 143. The van der Waals surface area contributed by atoms with Crippen LogP contribution in [0.5, 0.6) is 0 Å². The fraction of sp³-hybridized carbons (Fsp3) is 0.625. The predicted octanol–water partition coefficient (Wildman–Crippen LogP) is -0.318. The summed E-state index contributed by atoms with van der Waals surface area (Å²) < 4.78 is 0. The minimum Gasteiger partial charge on any atom is -0.545 e. The van der Waals surface area contributed by atoms with Gasteiger partial charge in [0.1, 0.15) is 0 Å². The normalized spacial score (nSPS) is 9.55. The highest BCUT2D eigenvalue weighted by atomic mass is 16.4. The molecular weight excluding hydrogens is 142 g/mol. The van der Waals surface area contributed by atoms with Gasteiger partial charge in [0.2, 0.25) is 0 Å². The summed E-state index contributed by atoms with van der Waals surface area (Å²) in [6.45, 7) is 6.99. The number of rotatable bonds is 6. The molecule has 0 amide bonds. The van der Waals surface area contributed by atoms with Crippen LogP contribution in [-0.4, -0.2) is 19.1 Å². The molecule has 0 heterocycles. The minimum atomic E-state index is -1.15. The smallest absolute Gasteiger partial charge is 0.0669 e. The van der Waals surface area contributed by atoms with Gasteiger partial charge in [0.25, 0.3) is 0 Å². The van der Waals surface area contributed by atoms with Crippen LogP contribution in [0.25, 0.3) is 0 Å². The van der Waals surface area contributed by atoms with Crippen LogP contribution in [0, 0.1) is 0 Å². The third-order valence-electron chi connectivity index (χ3n) is 1.32. The SMILES string of the molecule is C=C(CCNCCC)C(=O)[O-]. The van der Waals surface area contributed by atoms with Gasteiger partial charge in [-0.15, -0.1) is 0 Å². The van der Waals surface area contributed by atoms with Gasteiger partial charge in [-0.25, -0.2) is 0 Å². The van der Waals surface area contributed by atoms with E-state index in [0.29, 0.717) is 13.0 Å². The quantitative estimate of drug-likeness (QED) is 0.423. The number of aliphatic carboxylic acids is 1. The topological polar surface area (TPSA) is 52.2 Å². The van der Waals surface area contributed by atoms with Crippen molar-refractivity contribution in [2.24, 2.45) is 0 Å². The summed E-state index contributed by atoms with van der Waals surface area (Å²) >= 11 is 0. The fourth-order valence-electron chi connectivity index (χ4n) is 0.643. The van der Waals surface area contributed by atoms with Crippen molar-refractivity contribution in [1.82, 2.24) is 5.32 Å². The molecule has 0 spiro atoms. The second-order valence-corrected chi connectivity index (χ2v) is 2.39. The first-order valence-corrected chi connectivity index (χ1v) is 3.78. The average molecular weight is 156 g/mol. The van der Waals surface area contributed by atoms with Crippen molar-refractivity contribution in [3.63, 3.8) is 0 Å². The molecule has 0 aromatic carbocycles. The molecule has 3 heteroatoms. The van der Waals surface area contributed by atoms with Gasteiger partial charge in [-0.3, -0.25) is 0 Å². The Morgan fingerprint density at radius 2 is 2.18 bits per heavy atom. The first-order chi connectivity index (χ1) is 5.18. The van der Waals surface area contributed by atoms with Gasteiger partial charge in [-0.05, 0) is 31.5 Å². The minimum absolute atomic E-state index is 0.161. The molecule has 11 heavy (non-hydrogen) atoms. The Balaban J connectivity index is 3.25. The molecule has 0 saturated heterocycles. The molecule has 0 saturated carbocycles. The van der Waals surface area contributed by atoms with Crippen LogP contribution in [-0.2, 0) is 4.79 Å². The fourth-order valence-corrected chi connectivity index (χ4v) is 0.643. The molecule has 0 fully saturated rings. The van der Waals surface area contributed by atoms with E-state index in [4.69, 9.17) is 0 Å². The van der Waals surface area contributed by atoms with Crippen LogP contribution in [0.2, 0.25) is 0 Å². The first kappa shape index (κ1) is 10.2. The van der Waals surface area contributed by atoms with Crippen molar-refractivity contribution < 1.29 is 9.90 Å². The number of hydrogen-bond donors (Lipinski definition) is 1. The summed E-state index contributed by atoms with van der Waals surface area (Å²) in [6.07, 6.45) is 1.51. The lowest BCUT2D eigenvalue weighted by Crippen LogP contribution is -2.26. The van der Waals surface area contributed by atoms with E-state index >= 15 is 0 Å². The van der Waals surface area contributed by atoms with Crippen LogP contribution in [0.3, 0.4) is 0 Å². The molecular formula is C8H14NO2-. The van der Waals surface area contributed by atoms with E-state index in [1.165, 1.54) is 0 Å². The van der Waals surface area contributed by atoms with Crippen molar-refractivity contribution in [2.75, 3.05) is 13.1 Å². The van der Waals surface area contributed by atoms with E-state index < -0.39 is 5.97 Å². The molecule has 0 aliphatic heterocycles. The molecule has 0 bridgehead atoms. The second-order valence-electron chi connectivity index (χ2n) is 2.39. The van der Waals surface area contributed by atoms with Gasteiger partial charge >= 0.3 is 0 Å². The third kappa shape index (κ3) is 5.61. The summed E-state index contributed by atoms with van der Waals surface area (Å²) in [5, 5.41) is 13.2. The Morgan fingerprint density at radius 3 is 2.64 bits per heavy atom. The molecule has 64 valence electrons. The molecule has 1 N–H and O–H groups in total. The summed E-state index contributed by atoms with van der Waals surface area (Å²) in [5.41, 5.74) is 0.161. The van der Waals surface area contributed by atoms with Crippen molar-refractivity contribution in [2.45, 2.75) is 19.8 Å². The zero-order chi connectivity index (χ0) is 8.69. The molecule has 0 aromatic heterocycles. The van der Waals surface area contributed by atoms with Crippen molar-refractivity contribution >= 4 is 5.97 Å². The van der Waals surface area contributed by atoms with E-state index in [1.807, 2.05) is 0 Å². The lowest BCUT2D eigenvalue weighted by atomic mass is 10.2. The number of hydrogen-bond acceptors (Lipinski definition) is 3. The molecule has 3 nitrogen and oxygen atoms in total. The summed E-state index contributed by atoms with van der Waals surface area (Å²) in [7, 11) is 0. The number of carbonyl (C=O) groups excluding carboxylic acids is 1. The first-order valence-electron chi connectivity index (χ1n) is 3.78. The number of carboxylic acid groups (broad SMARTS) is 1. The van der Waals surface area contributed by atoms with Crippen molar-refractivity contribution in [1.29, 1.82) is 0 Å². The van der Waals surface area contributed by atoms with Gasteiger partial charge in [0.15, 0.2) is 0 Å². The highest BCUT2D eigenvalue weighted by Crippen LogP contribution is 1.92. The molecule has 0 unspecified atom stereocenters. The van der Waals surface area contributed by atoms with Gasteiger partial charge in [0.05, 0.1) is 5.97 Å². The van der Waals surface area contributed by atoms with Crippen molar-refractivity contribution in [3.8, 4) is 0 Å². The molecule has 0 rings (SSSR count). The maximum Gasteiger partial charge on any atom is 0.0669 e. The molecule has 0 aliphatic carbocycles. The number of carboxylic acids is 1. The third-order valence-corrected chi connectivity index (χ3v) is 1.32. The Kier molecular flexibility index (Phi) is 5.47. The Morgan fingerprint density at radius 1 is 1.55 bits per heavy atom. The maximum absolute atomic E-state index is 10.1. The lowest BCUT2D eigenvalue weighted by molar-refractivity contribution is -0.299. The van der Waals surface area contributed by atoms with E-state index in [9.17, 15) is 9.90 Å². The zero-order valence-electron chi connectivity index (χ0n) is 6.85. The molecule has 0 aliphatic rings. The van der Waals surface area contributed by atoms with Gasteiger partial charge < -0.3 is 15.2 Å². The molecule has 0 aromatic rings. The number of nitrogens with one attached hydrogen (secondary N) is 1. The molecule has 0 radical (unpaired) electrons. The summed E-state index contributed by atoms with van der Waals surface area (Å²) in [5.74, 6) is -1.15. The number of carbonyl (C=O) groups is 1. The Labute approximate surface area is 67.1 Å². The predicted molar refractivity (Wildman–Crippen MR) is 41.9 cm³/mol. The summed E-state index contributed by atoms with van der Waals surface area (Å²) in [6, 6.07) is 0. The maximum atomic E-state index is 10.1. The van der Waals surface area contributed by atoms with E-state index in [1.54, 1.807) is 0 Å². The zero-order valence-corrected chi connectivity index (χ0v) is 6.85. The Hall–Kier alpha value is -0.830. The van der Waals surface area contributed by atoms with Crippen LogP contribution < -0.4 is 10.4 Å². The largest absolute Gasteiger partial charge is 0.545 e. The van der Waals surface area contributed by atoms with Crippen LogP contribution in [0.1, 0.15) is 19.8 Å².